The maximum Gasteiger partial charge on any atom is 0.311 e. The molecule has 0 bridgehead atoms. The van der Waals surface area contributed by atoms with Crippen molar-refractivity contribution >= 4 is 11.8 Å². The molecule has 6 heteroatoms. The fraction of sp³-hybridized carbons (Fsp3) is 0.875. The molecule has 0 radical (unpaired) electrons. The minimum absolute atomic E-state index is 0.0791. The molecule has 0 aromatic carbocycles. The van der Waals surface area contributed by atoms with E-state index in [0.29, 0.717) is 32.7 Å². The van der Waals surface area contributed by atoms with Crippen LogP contribution in [0.15, 0.2) is 0 Å². The monoisotopic (exact) mass is 313 g/mol. The highest BCUT2D eigenvalue weighted by atomic mass is 16.3. The molecule has 2 amide bonds. The molecule has 1 heterocycles. The molecule has 0 atom stereocenters. The molecule has 22 heavy (non-hydrogen) atoms. The topological polar surface area (TPSA) is 72.9 Å². The zero-order valence-electron chi connectivity index (χ0n) is 14.6. The van der Waals surface area contributed by atoms with Crippen LogP contribution in [0, 0.1) is 5.41 Å². The predicted octanol–water partition coefficient (Wildman–Crippen LogP) is 0.454. The van der Waals surface area contributed by atoms with Crippen LogP contribution in [0.2, 0.25) is 0 Å². The van der Waals surface area contributed by atoms with Gasteiger partial charge in [-0.1, -0.05) is 20.8 Å². The molecule has 0 saturated carbocycles. The van der Waals surface area contributed by atoms with Crippen LogP contribution in [0.4, 0.5) is 0 Å². The average Bonchev–Trinajstić information content (AvgIpc) is 2.35. The summed E-state index contributed by atoms with van der Waals surface area (Å²) < 4.78 is 0. The first kappa shape index (κ1) is 18.9. The number of amides is 2. The minimum atomic E-state index is -0.523. The van der Waals surface area contributed by atoms with E-state index in [2.05, 4.69) is 31.0 Å². The normalized spacial score (nSPS) is 17.5. The first-order valence-corrected chi connectivity index (χ1v) is 7.99. The summed E-state index contributed by atoms with van der Waals surface area (Å²) in [4.78, 5) is 28.1. The lowest BCUT2D eigenvalue weighted by atomic mass is 9.82. The van der Waals surface area contributed by atoms with Gasteiger partial charge in [-0.15, -0.1) is 0 Å². The largest absolute Gasteiger partial charge is 0.395 e. The molecular formula is C16H31N3O3. The van der Waals surface area contributed by atoms with Gasteiger partial charge in [0.05, 0.1) is 6.61 Å². The number of nitrogens with zero attached hydrogens (tertiary/aromatic N) is 2. The van der Waals surface area contributed by atoms with Gasteiger partial charge in [-0.05, 0) is 25.7 Å². The van der Waals surface area contributed by atoms with Crippen LogP contribution in [0.25, 0.3) is 0 Å². The molecule has 6 nitrogen and oxygen atoms in total. The lowest BCUT2D eigenvalue weighted by Gasteiger charge is -2.36. The van der Waals surface area contributed by atoms with Gasteiger partial charge < -0.3 is 15.3 Å². The maximum absolute atomic E-state index is 12.3. The summed E-state index contributed by atoms with van der Waals surface area (Å²) in [6.07, 6.45) is 0.795. The van der Waals surface area contributed by atoms with Gasteiger partial charge in [0.25, 0.3) is 0 Å². The molecule has 1 saturated heterocycles. The highest BCUT2D eigenvalue weighted by molar-refractivity contribution is 6.35. The molecule has 0 aliphatic carbocycles. The molecule has 0 aromatic heterocycles. The van der Waals surface area contributed by atoms with Crippen LogP contribution in [-0.4, -0.2) is 71.6 Å². The van der Waals surface area contributed by atoms with Crippen LogP contribution in [-0.2, 0) is 9.59 Å². The van der Waals surface area contributed by atoms with Crippen molar-refractivity contribution in [3.05, 3.63) is 0 Å². The maximum atomic E-state index is 12.3. The minimum Gasteiger partial charge on any atom is -0.395 e. The van der Waals surface area contributed by atoms with Crippen molar-refractivity contribution < 1.29 is 14.7 Å². The number of aliphatic hydroxyl groups excluding tert-OH is 1. The first-order chi connectivity index (χ1) is 10.0. The fourth-order valence-electron chi connectivity index (χ4n) is 3.19. The van der Waals surface area contributed by atoms with E-state index in [0.717, 1.165) is 6.42 Å². The number of carbonyl (C=O) groups is 2. The number of nitrogens with one attached hydrogen (secondary N) is 1. The van der Waals surface area contributed by atoms with Crippen molar-refractivity contribution in [2.75, 3.05) is 39.3 Å². The zero-order valence-corrected chi connectivity index (χ0v) is 14.6. The number of carbonyl (C=O) groups excluding carboxylic acids is 2. The predicted molar refractivity (Wildman–Crippen MR) is 86.4 cm³/mol. The molecular weight excluding hydrogens is 282 g/mol. The summed E-state index contributed by atoms with van der Waals surface area (Å²) in [7, 11) is 0. The van der Waals surface area contributed by atoms with Gasteiger partial charge in [0.2, 0.25) is 0 Å². The van der Waals surface area contributed by atoms with E-state index in [1.807, 2.05) is 13.8 Å². The van der Waals surface area contributed by atoms with Gasteiger partial charge in [-0.2, -0.15) is 0 Å². The Morgan fingerprint density at radius 2 is 1.59 bits per heavy atom. The number of rotatable bonds is 4. The molecule has 128 valence electrons. The second kappa shape index (κ2) is 7.42. The van der Waals surface area contributed by atoms with E-state index in [9.17, 15) is 9.59 Å². The van der Waals surface area contributed by atoms with E-state index in [-0.39, 0.29) is 12.0 Å². The van der Waals surface area contributed by atoms with Crippen molar-refractivity contribution in [1.82, 2.24) is 15.1 Å². The Balaban J connectivity index is 2.51. The molecule has 1 rings (SSSR count). The highest BCUT2D eigenvalue weighted by Gasteiger charge is 2.32. The highest BCUT2D eigenvalue weighted by Crippen LogP contribution is 2.26. The van der Waals surface area contributed by atoms with Crippen molar-refractivity contribution in [3.63, 3.8) is 0 Å². The van der Waals surface area contributed by atoms with Gasteiger partial charge >= 0.3 is 11.8 Å². The van der Waals surface area contributed by atoms with E-state index >= 15 is 0 Å². The lowest BCUT2D eigenvalue weighted by Crippen LogP contribution is -2.56. The number of aliphatic hydroxyl groups is 1. The van der Waals surface area contributed by atoms with Crippen molar-refractivity contribution in [2.24, 2.45) is 5.41 Å². The Kier molecular flexibility index (Phi) is 6.38. The van der Waals surface area contributed by atoms with Gasteiger partial charge in [0, 0.05) is 38.3 Å². The van der Waals surface area contributed by atoms with Gasteiger partial charge in [-0.25, -0.2) is 0 Å². The molecule has 1 aliphatic rings. The van der Waals surface area contributed by atoms with Crippen LogP contribution < -0.4 is 5.32 Å². The average molecular weight is 313 g/mol. The number of β-amino-alcohol motifs (C(OH)–C–C–N with tert-alkyl or cyclic N) is 1. The van der Waals surface area contributed by atoms with Crippen molar-refractivity contribution in [1.29, 1.82) is 0 Å². The number of hydrogen-bond acceptors (Lipinski definition) is 4. The number of hydrogen-bond donors (Lipinski definition) is 2. The van der Waals surface area contributed by atoms with Crippen molar-refractivity contribution in [2.45, 2.75) is 46.6 Å². The Bertz CT molecular complexity index is 394. The molecule has 0 aromatic rings. The third kappa shape index (κ3) is 6.32. The molecule has 1 aliphatic heterocycles. The second-order valence-electron chi connectivity index (χ2n) is 7.93. The summed E-state index contributed by atoms with van der Waals surface area (Å²) in [6, 6.07) is 0. The van der Waals surface area contributed by atoms with Crippen LogP contribution >= 0.6 is 0 Å². The van der Waals surface area contributed by atoms with Crippen LogP contribution in [0.1, 0.15) is 41.0 Å². The van der Waals surface area contributed by atoms with E-state index < -0.39 is 17.4 Å². The van der Waals surface area contributed by atoms with Crippen molar-refractivity contribution in [3.8, 4) is 0 Å². The SMILES string of the molecule is CC(C)(C)CC(C)(C)NC(=O)C(=O)N1CCN(CCO)CC1. The summed E-state index contributed by atoms with van der Waals surface area (Å²) in [6.45, 7) is 13.4. The van der Waals surface area contributed by atoms with E-state index in [1.54, 1.807) is 4.90 Å². The van der Waals surface area contributed by atoms with E-state index in [1.165, 1.54) is 0 Å². The summed E-state index contributed by atoms with van der Waals surface area (Å²) in [5.41, 5.74) is -0.334. The van der Waals surface area contributed by atoms with Gasteiger partial charge in [0.1, 0.15) is 0 Å². The Morgan fingerprint density at radius 3 is 2.05 bits per heavy atom. The Labute approximate surface area is 133 Å². The Hall–Kier alpha value is -1.14. The second-order valence-corrected chi connectivity index (χ2v) is 7.93. The first-order valence-electron chi connectivity index (χ1n) is 7.99. The van der Waals surface area contributed by atoms with E-state index in [4.69, 9.17) is 5.11 Å². The standard InChI is InChI=1S/C16H31N3O3/c1-15(2,3)12-16(4,5)17-13(21)14(22)19-8-6-18(7-9-19)10-11-20/h20H,6-12H2,1-5H3,(H,17,21). The smallest absolute Gasteiger partial charge is 0.311 e. The Morgan fingerprint density at radius 1 is 1.05 bits per heavy atom. The third-order valence-electron chi connectivity index (χ3n) is 3.69. The summed E-state index contributed by atoms with van der Waals surface area (Å²) in [5, 5.41) is 11.8. The number of piperazine rings is 1. The van der Waals surface area contributed by atoms with Gasteiger partial charge in [-0.3, -0.25) is 14.5 Å². The lowest BCUT2D eigenvalue weighted by molar-refractivity contribution is -0.148. The summed E-state index contributed by atoms with van der Waals surface area (Å²) >= 11 is 0. The van der Waals surface area contributed by atoms with Crippen LogP contribution in [0.5, 0.6) is 0 Å². The van der Waals surface area contributed by atoms with Gasteiger partial charge in [0.15, 0.2) is 0 Å². The fourth-order valence-corrected chi connectivity index (χ4v) is 3.19. The third-order valence-corrected chi connectivity index (χ3v) is 3.69. The zero-order chi connectivity index (χ0) is 17.0. The molecule has 0 spiro atoms. The molecule has 0 unspecified atom stereocenters. The van der Waals surface area contributed by atoms with Crippen LogP contribution in [0.3, 0.4) is 0 Å². The summed E-state index contributed by atoms with van der Waals surface area (Å²) in [5.74, 6) is -0.976. The quantitative estimate of drug-likeness (QED) is 0.739. The molecule has 2 N–H and O–H groups in total. The molecule has 1 fully saturated rings.